The molecule has 6 nitrogen and oxygen atoms in total. The molecule has 6 heteroatoms. The van der Waals surface area contributed by atoms with Gasteiger partial charge in [0.2, 0.25) is 0 Å². The molecule has 0 rings (SSSR count). The van der Waals surface area contributed by atoms with Crippen LogP contribution in [0.5, 0.6) is 0 Å². The summed E-state index contributed by atoms with van der Waals surface area (Å²) in [4.78, 5) is 45.9. The number of carbonyl (C=O) groups excluding carboxylic acids is 4. The summed E-state index contributed by atoms with van der Waals surface area (Å²) in [5.74, 6) is -1.78. The third-order valence-electron chi connectivity index (χ3n) is 3.14. The first kappa shape index (κ1) is 17.3. The summed E-state index contributed by atoms with van der Waals surface area (Å²) in [6, 6.07) is 0. The molecule has 0 aliphatic rings. The van der Waals surface area contributed by atoms with E-state index in [1.807, 2.05) is 0 Å². The number of hydrogen-bond donors (Lipinski definition) is 0. The van der Waals surface area contributed by atoms with Gasteiger partial charge in [0.25, 0.3) is 0 Å². The molecule has 0 aliphatic carbocycles. The maximum absolute atomic E-state index is 11.9. The first-order valence-electron chi connectivity index (χ1n) is 5.96. The molecule has 0 fully saturated rings. The predicted octanol–water partition coefficient (Wildman–Crippen LogP) is 1.06. The van der Waals surface area contributed by atoms with Gasteiger partial charge >= 0.3 is 11.9 Å². The number of carbonyl (C=O) groups is 4. The van der Waals surface area contributed by atoms with Gasteiger partial charge in [-0.1, -0.05) is 0 Å². The fraction of sp³-hybridized carbons (Fsp3) is 0.692. The van der Waals surface area contributed by atoms with Gasteiger partial charge in [0, 0.05) is 12.8 Å². The maximum Gasteiger partial charge on any atom is 0.319 e. The van der Waals surface area contributed by atoms with E-state index in [1.54, 1.807) is 0 Å². The average molecular weight is 272 g/mol. The summed E-state index contributed by atoms with van der Waals surface area (Å²) >= 11 is 0. The molecule has 1 atom stereocenters. The van der Waals surface area contributed by atoms with Crippen LogP contribution in [-0.2, 0) is 28.7 Å². The van der Waals surface area contributed by atoms with E-state index in [4.69, 9.17) is 0 Å². The summed E-state index contributed by atoms with van der Waals surface area (Å²) in [7, 11) is 2.40. The summed E-state index contributed by atoms with van der Waals surface area (Å²) in [5, 5.41) is 0. The minimum atomic E-state index is -1.45. The van der Waals surface area contributed by atoms with Crippen molar-refractivity contribution in [3.63, 3.8) is 0 Å². The Kier molecular flexibility index (Phi) is 6.96. The van der Waals surface area contributed by atoms with Gasteiger partial charge in [0.15, 0.2) is 0 Å². The van der Waals surface area contributed by atoms with Crippen molar-refractivity contribution in [3.05, 3.63) is 0 Å². The van der Waals surface area contributed by atoms with Gasteiger partial charge in [-0.05, 0) is 26.7 Å². The summed E-state index contributed by atoms with van der Waals surface area (Å²) in [5.41, 5.74) is -1.45. The molecular weight excluding hydrogens is 252 g/mol. The highest BCUT2D eigenvalue weighted by atomic mass is 16.5. The van der Waals surface area contributed by atoms with Crippen LogP contribution in [0.1, 0.15) is 39.5 Å². The molecule has 0 amide bonds. The van der Waals surface area contributed by atoms with Crippen LogP contribution in [0.15, 0.2) is 0 Å². The molecule has 0 spiro atoms. The molecule has 19 heavy (non-hydrogen) atoms. The predicted molar refractivity (Wildman–Crippen MR) is 66.3 cm³/mol. The second-order valence-corrected chi connectivity index (χ2v) is 4.41. The van der Waals surface area contributed by atoms with Gasteiger partial charge in [-0.2, -0.15) is 0 Å². The van der Waals surface area contributed by atoms with Crippen LogP contribution in [0.25, 0.3) is 0 Å². The van der Waals surface area contributed by atoms with E-state index in [2.05, 4.69) is 9.47 Å². The monoisotopic (exact) mass is 272 g/mol. The third-order valence-corrected chi connectivity index (χ3v) is 3.14. The van der Waals surface area contributed by atoms with Crippen LogP contribution in [0.2, 0.25) is 0 Å². The van der Waals surface area contributed by atoms with Gasteiger partial charge in [0.1, 0.15) is 17.0 Å². The minimum Gasteiger partial charge on any atom is -0.469 e. The number of rotatable bonds is 8. The smallest absolute Gasteiger partial charge is 0.319 e. The lowest BCUT2D eigenvalue weighted by molar-refractivity contribution is -0.159. The van der Waals surface area contributed by atoms with Crippen molar-refractivity contribution in [2.75, 3.05) is 14.2 Å². The van der Waals surface area contributed by atoms with Gasteiger partial charge in [-0.25, -0.2) is 0 Å². The van der Waals surface area contributed by atoms with Crippen molar-refractivity contribution in [2.24, 2.45) is 5.41 Å². The van der Waals surface area contributed by atoms with Crippen molar-refractivity contribution >= 4 is 23.5 Å². The molecule has 0 aliphatic heterocycles. The average Bonchev–Trinajstić information content (AvgIpc) is 2.37. The van der Waals surface area contributed by atoms with Crippen molar-refractivity contribution in [2.45, 2.75) is 39.5 Å². The van der Waals surface area contributed by atoms with E-state index < -0.39 is 23.1 Å². The summed E-state index contributed by atoms with van der Waals surface area (Å²) in [6.07, 6.45) is 0.0230. The zero-order chi connectivity index (χ0) is 15.1. The standard InChI is InChI=1S/C13H20O6/c1-9(14)5-7-13(10(2)15,12(17)19-4)8-6-11(16)18-3/h5-8H2,1-4H3. The Morgan fingerprint density at radius 3 is 1.79 bits per heavy atom. The van der Waals surface area contributed by atoms with Gasteiger partial charge in [-0.3, -0.25) is 14.4 Å². The Hall–Kier alpha value is -1.72. The molecule has 0 bridgehead atoms. The molecule has 0 heterocycles. The second-order valence-electron chi connectivity index (χ2n) is 4.41. The first-order chi connectivity index (χ1) is 8.80. The second kappa shape index (κ2) is 7.66. The van der Waals surface area contributed by atoms with Crippen LogP contribution in [0.3, 0.4) is 0 Å². The molecule has 0 saturated carbocycles. The van der Waals surface area contributed by atoms with Crippen LogP contribution in [0, 0.1) is 5.41 Å². The van der Waals surface area contributed by atoms with E-state index in [9.17, 15) is 19.2 Å². The molecule has 108 valence electrons. The highest BCUT2D eigenvalue weighted by Gasteiger charge is 2.44. The Morgan fingerprint density at radius 1 is 0.895 bits per heavy atom. The van der Waals surface area contributed by atoms with Gasteiger partial charge in [-0.15, -0.1) is 0 Å². The molecule has 0 aromatic heterocycles. The molecular formula is C13H20O6. The molecule has 0 radical (unpaired) electrons. The van der Waals surface area contributed by atoms with Crippen LogP contribution in [-0.4, -0.2) is 37.7 Å². The SMILES string of the molecule is COC(=O)CCC(CCC(C)=O)(C(C)=O)C(=O)OC. The van der Waals surface area contributed by atoms with E-state index in [0.717, 1.165) is 0 Å². The summed E-state index contributed by atoms with van der Waals surface area (Å²) in [6.45, 7) is 2.64. The molecule has 0 N–H and O–H groups in total. The van der Waals surface area contributed by atoms with Crippen molar-refractivity contribution < 1.29 is 28.7 Å². The van der Waals surface area contributed by atoms with Crippen molar-refractivity contribution in [3.8, 4) is 0 Å². The molecule has 0 aromatic rings. The van der Waals surface area contributed by atoms with E-state index in [-0.39, 0.29) is 31.5 Å². The Bertz CT molecular complexity index is 373. The Balaban J connectivity index is 5.14. The number of Topliss-reactive ketones (excluding diaryl/α,β-unsaturated/α-hetero) is 2. The Labute approximate surface area is 112 Å². The van der Waals surface area contributed by atoms with Crippen molar-refractivity contribution in [1.29, 1.82) is 0 Å². The first-order valence-corrected chi connectivity index (χ1v) is 5.96. The Morgan fingerprint density at radius 2 is 1.42 bits per heavy atom. The number of ketones is 2. The van der Waals surface area contributed by atoms with Crippen molar-refractivity contribution in [1.82, 2.24) is 0 Å². The molecule has 0 aromatic carbocycles. The third kappa shape index (κ3) is 4.81. The minimum absolute atomic E-state index is 0.0189. The largest absolute Gasteiger partial charge is 0.469 e. The van der Waals surface area contributed by atoms with E-state index in [1.165, 1.54) is 28.1 Å². The van der Waals surface area contributed by atoms with E-state index in [0.29, 0.717) is 0 Å². The number of methoxy groups -OCH3 is 2. The molecule has 0 saturated heterocycles. The van der Waals surface area contributed by atoms with Crippen LogP contribution < -0.4 is 0 Å². The normalized spacial score (nSPS) is 13.3. The van der Waals surface area contributed by atoms with Crippen LogP contribution in [0.4, 0.5) is 0 Å². The van der Waals surface area contributed by atoms with E-state index >= 15 is 0 Å². The quantitative estimate of drug-likeness (QED) is 0.485. The lowest BCUT2D eigenvalue weighted by Crippen LogP contribution is -2.40. The number of ether oxygens (including phenoxy) is 2. The zero-order valence-electron chi connectivity index (χ0n) is 11.8. The van der Waals surface area contributed by atoms with Crippen LogP contribution >= 0.6 is 0 Å². The van der Waals surface area contributed by atoms with Gasteiger partial charge < -0.3 is 14.3 Å². The maximum atomic E-state index is 11.9. The topological polar surface area (TPSA) is 86.7 Å². The zero-order valence-corrected chi connectivity index (χ0v) is 11.8. The fourth-order valence-corrected chi connectivity index (χ4v) is 1.83. The highest BCUT2D eigenvalue weighted by molar-refractivity contribution is 6.03. The molecule has 1 unspecified atom stereocenters. The summed E-state index contributed by atoms with van der Waals surface area (Å²) < 4.78 is 9.15. The lowest BCUT2D eigenvalue weighted by Gasteiger charge is -2.27. The number of esters is 2. The fourth-order valence-electron chi connectivity index (χ4n) is 1.83. The lowest BCUT2D eigenvalue weighted by atomic mass is 9.75. The van der Waals surface area contributed by atoms with Gasteiger partial charge in [0.05, 0.1) is 14.2 Å². The number of hydrogen-bond acceptors (Lipinski definition) is 6. The highest BCUT2D eigenvalue weighted by Crippen LogP contribution is 2.33.